The molecule has 21 heavy (non-hydrogen) atoms. The van der Waals surface area contributed by atoms with Crippen LogP contribution in [0, 0.1) is 0 Å². The SMILES string of the molecule is CNc1ccc2cc(S(=O)(=O)NC3(C)CCC3)ccc2n1. The van der Waals surface area contributed by atoms with E-state index in [-0.39, 0.29) is 5.54 Å². The first-order valence-corrected chi connectivity index (χ1v) is 8.53. The van der Waals surface area contributed by atoms with Crippen molar-refractivity contribution in [3.8, 4) is 0 Å². The van der Waals surface area contributed by atoms with Gasteiger partial charge in [-0.15, -0.1) is 0 Å². The predicted octanol–water partition coefficient (Wildman–Crippen LogP) is 2.50. The number of hydrogen-bond donors (Lipinski definition) is 2. The summed E-state index contributed by atoms with van der Waals surface area (Å²) in [6, 6.07) is 8.73. The third-order valence-electron chi connectivity index (χ3n) is 4.06. The van der Waals surface area contributed by atoms with E-state index in [4.69, 9.17) is 0 Å². The Hall–Kier alpha value is -1.66. The molecule has 0 saturated heterocycles. The molecule has 2 aromatic rings. The molecule has 0 spiro atoms. The van der Waals surface area contributed by atoms with Gasteiger partial charge in [-0.3, -0.25) is 0 Å². The average molecular weight is 305 g/mol. The van der Waals surface area contributed by atoms with Crippen LogP contribution in [0.2, 0.25) is 0 Å². The molecule has 0 unspecified atom stereocenters. The van der Waals surface area contributed by atoms with Crippen molar-refractivity contribution in [3.63, 3.8) is 0 Å². The molecule has 1 fully saturated rings. The molecule has 0 radical (unpaired) electrons. The zero-order valence-electron chi connectivity index (χ0n) is 12.2. The van der Waals surface area contributed by atoms with Crippen LogP contribution in [0.1, 0.15) is 26.2 Å². The zero-order chi connectivity index (χ0) is 15.1. The van der Waals surface area contributed by atoms with Gasteiger partial charge in [-0.2, -0.15) is 0 Å². The summed E-state index contributed by atoms with van der Waals surface area (Å²) in [6.07, 6.45) is 2.87. The van der Waals surface area contributed by atoms with Gasteiger partial charge in [0.2, 0.25) is 10.0 Å². The van der Waals surface area contributed by atoms with Gasteiger partial charge < -0.3 is 5.32 Å². The standard InChI is InChI=1S/C15H19N3O2S/c1-15(8-3-9-15)18-21(19,20)12-5-6-13-11(10-12)4-7-14(16-2)17-13/h4-7,10,18H,3,8-9H2,1-2H3,(H,16,17). The number of hydrogen-bond acceptors (Lipinski definition) is 4. The van der Waals surface area contributed by atoms with Crippen LogP contribution in [-0.4, -0.2) is 26.0 Å². The number of anilines is 1. The Morgan fingerprint density at radius 3 is 2.57 bits per heavy atom. The minimum Gasteiger partial charge on any atom is -0.373 e. The molecule has 1 aromatic carbocycles. The van der Waals surface area contributed by atoms with Gasteiger partial charge in [0, 0.05) is 18.0 Å². The fraction of sp³-hybridized carbons (Fsp3) is 0.400. The lowest BCUT2D eigenvalue weighted by Gasteiger charge is -2.38. The highest BCUT2D eigenvalue weighted by atomic mass is 32.2. The second-order valence-corrected chi connectivity index (χ2v) is 7.50. The van der Waals surface area contributed by atoms with Gasteiger partial charge in [0.15, 0.2) is 0 Å². The molecule has 2 N–H and O–H groups in total. The summed E-state index contributed by atoms with van der Waals surface area (Å²) in [5.74, 6) is 0.762. The molecule has 1 aliphatic carbocycles. The molecular weight excluding hydrogens is 286 g/mol. The van der Waals surface area contributed by atoms with Gasteiger partial charge in [-0.05, 0) is 56.5 Å². The number of aromatic nitrogens is 1. The molecule has 0 amide bonds. The van der Waals surface area contributed by atoms with Crippen LogP contribution in [0.5, 0.6) is 0 Å². The maximum absolute atomic E-state index is 12.5. The highest BCUT2D eigenvalue weighted by Gasteiger charge is 2.36. The summed E-state index contributed by atoms with van der Waals surface area (Å²) in [5.41, 5.74) is 0.484. The van der Waals surface area contributed by atoms with Crippen molar-refractivity contribution >= 4 is 26.7 Å². The molecule has 0 aliphatic heterocycles. The number of benzene rings is 1. The van der Waals surface area contributed by atoms with Gasteiger partial charge in [0.25, 0.3) is 0 Å². The van der Waals surface area contributed by atoms with Crippen LogP contribution < -0.4 is 10.0 Å². The molecule has 0 bridgehead atoms. The van der Waals surface area contributed by atoms with E-state index in [1.165, 1.54) is 0 Å². The minimum atomic E-state index is -3.48. The quantitative estimate of drug-likeness (QED) is 0.910. The van der Waals surface area contributed by atoms with Crippen molar-refractivity contribution in [2.45, 2.75) is 36.6 Å². The van der Waals surface area contributed by atoms with E-state index in [1.54, 1.807) is 25.2 Å². The number of rotatable bonds is 4. The molecule has 3 rings (SSSR count). The summed E-state index contributed by atoms with van der Waals surface area (Å²) >= 11 is 0. The summed E-state index contributed by atoms with van der Waals surface area (Å²) in [6.45, 7) is 1.95. The molecule has 112 valence electrons. The maximum atomic E-state index is 12.5. The first kappa shape index (κ1) is 14.3. The van der Waals surface area contributed by atoms with Crippen molar-refractivity contribution in [2.24, 2.45) is 0 Å². The topological polar surface area (TPSA) is 71.1 Å². The van der Waals surface area contributed by atoms with E-state index in [0.29, 0.717) is 4.90 Å². The molecule has 1 saturated carbocycles. The normalized spacial score (nSPS) is 17.4. The predicted molar refractivity (Wildman–Crippen MR) is 83.9 cm³/mol. The molecule has 1 heterocycles. The van der Waals surface area contributed by atoms with Gasteiger partial charge in [0.1, 0.15) is 5.82 Å². The van der Waals surface area contributed by atoms with E-state index in [2.05, 4.69) is 15.0 Å². The highest BCUT2D eigenvalue weighted by Crippen LogP contribution is 2.33. The average Bonchev–Trinajstić information content (AvgIpc) is 2.44. The molecule has 5 nitrogen and oxygen atoms in total. The second kappa shape index (κ2) is 4.96. The summed E-state index contributed by atoms with van der Waals surface area (Å²) in [4.78, 5) is 4.69. The van der Waals surface area contributed by atoms with E-state index >= 15 is 0 Å². The van der Waals surface area contributed by atoms with Crippen molar-refractivity contribution in [1.82, 2.24) is 9.71 Å². The van der Waals surface area contributed by atoms with Crippen LogP contribution >= 0.6 is 0 Å². The van der Waals surface area contributed by atoms with E-state index in [9.17, 15) is 8.42 Å². The van der Waals surface area contributed by atoms with E-state index < -0.39 is 10.0 Å². The van der Waals surface area contributed by atoms with Gasteiger partial charge >= 0.3 is 0 Å². The largest absolute Gasteiger partial charge is 0.373 e. The Balaban J connectivity index is 1.96. The van der Waals surface area contributed by atoms with Crippen molar-refractivity contribution in [2.75, 3.05) is 12.4 Å². The number of fused-ring (bicyclic) bond motifs is 1. The summed E-state index contributed by atoms with van der Waals surface area (Å²) in [5, 5.41) is 3.78. The Bertz CT molecular complexity index is 783. The smallest absolute Gasteiger partial charge is 0.241 e. The first-order valence-electron chi connectivity index (χ1n) is 7.04. The maximum Gasteiger partial charge on any atom is 0.241 e. The number of nitrogens with zero attached hydrogens (tertiary/aromatic N) is 1. The number of nitrogens with one attached hydrogen (secondary N) is 2. The molecular formula is C15H19N3O2S. The second-order valence-electron chi connectivity index (χ2n) is 5.82. The zero-order valence-corrected chi connectivity index (χ0v) is 13.0. The lowest BCUT2D eigenvalue weighted by atomic mass is 9.80. The van der Waals surface area contributed by atoms with Crippen LogP contribution in [0.4, 0.5) is 5.82 Å². The third kappa shape index (κ3) is 2.73. The molecule has 1 aliphatic rings. The van der Waals surface area contributed by atoms with Gasteiger partial charge in [-0.1, -0.05) is 0 Å². The monoisotopic (exact) mass is 305 g/mol. The summed E-state index contributed by atoms with van der Waals surface area (Å²) < 4.78 is 27.7. The Morgan fingerprint density at radius 2 is 1.95 bits per heavy atom. The van der Waals surface area contributed by atoms with Crippen molar-refractivity contribution in [1.29, 1.82) is 0 Å². The van der Waals surface area contributed by atoms with Crippen LogP contribution in [0.3, 0.4) is 0 Å². The van der Waals surface area contributed by atoms with E-state index in [0.717, 1.165) is 36.0 Å². The summed E-state index contributed by atoms with van der Waals surface area (Å²) in [7, 11) is -1.68. The minimum absolute atomic E-state index is 0.290. The van der Waals surface area contributed by atoms with Crippen LogP contribution in [0.25, 0.3) is 10.9 Å². The first-order chi connectivity index (χ1) is 9.92. The van der Waals surface area contributed by atoms with Crippen LogP contribution in [-0.2, 0) is 10.0 Å². The Morgan fingerprint density at radius 1 is 1.19 bits per heavy atom. The van der Waals surface area contributed by atoms with Gasteiger partial charge in [-0.25, -0.2) is 18.1 Å². The lowest BCUT2D eigenvalue weighted by molar-refractivity contribution is 0.248. The Kier molecular flexibility index (Phi) is 3.37. The molecule has 0 atom stereocenters. The highest BCUT2D eigenvalue weighted by molar-refractivity contribution is 7.89. The molecule has 6 heteroatoms. The number of sulfonamides is 1. The van der Waals surface area contributed by atoms with Crippen LogP contribution in [0.15, 0.2) is 35.2 Å². The Labute approximate surface area is 124 Å². The van der Waals surface area contributed by atoms with Crippen molar-refractivity contribution < 1.29 is 8.42 Å². The van der Waals surface area contributed by atoms with Crippen molar-refractivity contribution in [3.05, 3.63) is 30.3 Å². The van der Waals surface area contributed by atoms with Gasteiger partial charge in [0.05, 0.1) is 10.4 Å². The van der Waals surface area contributed by atoms with E-state index in [1.807, 2.05) is 19.1 Å². The fourth-order valence-corrected chi connectivity index (χ4v) is 4.10. The lowest BCUT2D eigenvalue weighted by Crippen LogP contribution is -2.50. The number of pyridine rings is 1. The fourth-order valence-electron chi connectivity index (χ4n) is 2.60. The molecule has 1 aromatic heterocycles. The third-order valence-corrected chi connectivity index (χ3v) is 5.70.